The van der Waals surface area contributed by atoms with Crippen molar-refractivity contribution in [3.05, 3.63) is 35.0 Å². The minimum atomic E-state index is 0.714. The van der Waals surface area contributed by atoms with E-state index < -0.39 is 0 Å². The van der Waals surface area contributed by atoms with Gasteiger partial charge in [0.2, 0.25) is 0 Å². The highest BCUT2D eigenvalue weighted by Gasteiger charge is 2.06. The maximum atomic E-state index is 6.10. The minimum Gasteiger partial charge on any atom is -0.494 e. The van der Waals surface area contributed by atoms with Gasteiger partial charge in [-0.05, 0) is 19.1 Å². The van der Waals surface area contributed by atoms with Gasteiger partial charge in [-0.2, -0.15) is 0 Å². The molecular formula is C11H10ClNO. The summed E-state index contributed by atoms with van der Waals surface area (Å²) in [5.41, 5.74) is 1.71. The van der Waals surface area contributed by atoms with Gasteiger partial charge in [-0.15, -0.1) is 0 Å². The second-order valence-corrected chi connectivity index (χ2v) is 3.51. The smallest absolute Gasteiger partial charge is 0.145 e. The predicted molar refractivity (Wildman–Crippen MR) is 58.0 cm³/mol. The van der Waals surface area contributed by atoms with Crippen molar-refractivity contribution in [1.29, 1.82) is 0 Å². The van der Waals surface area contributed by atoms with Crippen LogP contribution >= 0.6 is 11.6 Å². The first-order chi connectivity index (χ1) is 6.72. The fourth-order valence-corrected chi connectivity index (χ4v) is 1.78. The van der Waals surface area contributed by atoms with Crippen molar-refractivity contribution in [2.75, 3.05) is 7.11 Å². The van der Waals surface area contributed by atoms with Gasteiger partial charge >= 0.3 is 0 Å². The molecule has 0 fully saturated rings. The van der Waals surface area contributed by atoms with Gasteiger partial charge in [0.15, 0.2) is 0 Å². The molecule has 0 amide bonds. The summed E-state index contributed by atoms with van der Waals surface area (Å²) in [6.45, 7) is 1.91. The Morgan fingerprint density at radius 1 is 1.36 bits per heavy atom. The summed E-state index contributed by atoms with van der Waals surface area (Å²) in [5.74, 6) is 0.758. The summed E-state index contributed by atoms with van der Waals surface area (Å²) in [7, 11) is 1.63. The van der Waals surface area contributed by atoms with Crippen molar-refractivity contribution in [2.45, 2.75) is 6.92 Å². The number of ether oxygens (including phenoxy) is 1. The van der Waals surface area contributed by atoms with Crippen LogP contribution in [0, 0.1) is 6.92 Å². The Kier molecular flexibility index (Phi) is 2.30. The number of methoxy groups -OCH3 is 1. The summed E-state index contributed by atoms with van der Waals surface area (Å²) in [6.07, 6.45) is 0. The van der Waals surface area contributed by atoms with E-state index in [-0.39, 0.29) is 0 Å². The van der Waals surface area contributed by atoms with Gasteiger partial charge in [-0.1, -0.05) is 23.7 Å². The number of rotatable bonds is 1. The molecule has 1 aromatic carbocycles. The van der Waals surface area contributed by atoms with Crippen LogP contribution in [-0.2, 0) is 0 Å². The third-order valence-electron chi connectivity index (χ3n) is 2.10. The van der Waals surface area contributed by atoms with Gasteiger partial charge < -0.3 is 4.74 Å². The number of pyridine rings is 1. The molecule has 1 heterocycles. The number of aryl methyl sites for hydroxylation is 1. The second-order valence-electron chi connectivity index (χ2n) is 3.10. The molecule has 0 N–H and O–H groups in total. The highest BCUT2D eigenvalue weighted by atomic mass is 35.5. The van der Waals surface area contributed by atoms with E-state index in [0.717, 1.165) is 22.3 Å². The van der Waals surface area contributed by atoms with Crippen molar-refractivity contribution >= 4 is 22.5 Å². The first-order valence-electron chi connectivity index (χ1n) is 4.32. The van der Waals surface area contributed by atoms with Crippen LogP contribution in [0.5, 0.6) is 5.75 Å². The zero-order valence-corrected chi connectivity index (χ0v) is 8.80. The summed E-state index contributed by atoms with van der Waals surface area (Å²) in [6, 6.07) is 7.57. The Balaban J connectivity index is 2.86. The van der Waals surface area contributed by atoms with Crippen molar-refractivity contribution < 1.29 is 4.74 Å². The average Bonchev–Trinajstić information content (AvgIpc) is 2.17. The first kappa shape index (κ1) is 9.28. The van der Waals surface area contributed by atoms with Crippen LogP contribution in [0.3, 0.4) is 0 Å². The van der Waals surface area contributed by atoms with Gasteiger partial charge in [0.25, 0.3) is 0 Å². The van der Waals surface area contributed by atoms with Crippen molar-refractivity contribution in [3.8, 4) is 5.75 Å². The maximum Gasteiger partial charge on any atom is 0.145 e. The van der Waals surface area contributed by atoms with Crippen LogP contribution in [0.2, 0.25) is 5.02 Å². The van der Waals surface area contributed by atoms with Crippen LogP contribution in [0.4, 0.5) is 0 Å². The number of fused-ring (bicyclic) bond motifs is 1. The number of nitrogens with zero attached hydrogens (tertiary/aromatic N) is 1. The lowest BCUT2D eigenvalue weighted by Gasteiger charge is -2.06. The van der Waals surface area contributed by atoms with Crippen LogP contribution in [0.25, 0.3) is 10.9 Å². The zero-order valence-electron chi connectivity index (χ0n) is 8.04. The molecule has 3 heteroatoms. The normalized spacial score (nSPS) is 10.5. The van der Waals surface area contributed by atoms with E-state index in [4.69, 9.17) is 16.3 Å². The first-order valence-corrected chi connectivity index (χ1v) is 4.70. The lowest BCUT2D eigenvalue weighted by atomic mass is 10.2. The minimum absolute atomic E-state index is 0.714. The van der Waals surface area contributed by atoms with Crippen molar-refractivity contribution in [3.63, 3.8) is 0 Å². The van der Waals surface area contributed by atoms with E-state index in [0.29, 0.717) is 5.02 Å². The number of benzene rings is 1. The van der Waals surface area contributed by atoms with Crippen LogP contribution in [-0.4, -0.2) is 12.1 Å². The van der Waals surface area contributed by atoms with Crippen LogP contribution in [0.1, 0.15) is 5.69 Å². The van der Waals surface area contributed by atoms with E-state index in [1.165, 1.54) is 0 Å². The molecule has 2 nitrogen and oxygen atoms in total. The van der Waals surface area contributed by atoms with Gasteiger partial charge in [0.1, 0.15) is 11.3 Å². The van der Waals surface area contributed by atoms with Gasteiger partial charge in [-0.3, -0.25) is 0 Å². The van der Waals surface area contributed by atoms with Crippen molar-refractivity contribution in [2.24, 2.45) is 0 Å². The molecule has 0 saturated carbocycles. The van der Waals surface area contributed by atoms with E-state index in [1.54, 1.807) is 7.11 Å². The predicted octanol–water partition coefficient (Wildman–Crippen LogP) is 3.21. The van der Waals surface area contributed by atoms with Gasteiger partial charge in [0, 0.05) is 11.1 Å². The number of aromatic nitrogens is 1. The van der Waals surface area contributed by atoms with E-state index >= 15 is 0 Å². The van der Waals surface area contributed by atoms with E-state index in [1.807, 2.05) is 31.2 Å². The largest absolute Gasteiger partial charge is 0.494 e. The molecule has 0 aliphatic carbocycles. The second kappa shape index (κ2) is 3.46. The number of hydrogen-bond donors (Lipinski definition) is 0. The topological polar surface area (TPSA) is 22.1 Å². The summed E-state index contributed by atoms with van der Waals surface area (Å²) in [5, 5.41) is 1.64. The average molecular weight is 208 g/mol. The fraction of sp³-hybridized carbons (Fsp3) is 0.182. The monoisotopic (exact) mass is 207 g/mol. The molecular weight excluding hydrogens is 198 g/mol. The molecule has 72 valence electrons. The third-order valence-corrected chi connectivity index (χ3v) is 2.41. The highest BCUT2D eigenvalue weighted by molar-refractivity contribution is 6.35. The molecule has 0 bridgehead atoms. The molecule has 0 radical (unpaired) electrons. The Hall–Kier alpha value is -1.28. The number of halogens is 1. The van der Waals surface area contributed by atoms with Gasteiger partial charge in [0.05, 0.1) is 12.1 Å². The SMILES string of the molecule is COc1cccc2c(Cl)cc(C)nc12. The zero-order chi connectivity index (χ0) is 10.1. The summed E-state index contributed by atoms with van der Waals surface area (Å²) in [4.78, 5) is 4.40. The molecule has 1 aromatic heterocycles. The Bertz CT molecular complexity index is 482. The Morgan fingerprint density at radius 2 is 2.14 bits per heavy atom. The molecule has 0 aliphatic rings. The van der Waals surface area contributed by atoms with Crippen LogP contribution < -0.4 is 4.74 Å². The van der Waals surface area contributed by atoms with Crippen LogP contribution in [0.15, 0.2) is 24.3 Å². The number of hydrogen-bond acceptors (Lipinski definition) is 2. The molecule has 2 aromatic rings. The lowest BCUT2D eigenvalue weighted by Crippen LogP contribution is -1.89. The van der Waals surface area contributed by atoms with E-state index in [2.05, 4.69) is 4.98 Å². The number of para-hydroxylation sites is 1. The summed E-state index contributed by atoms with van der Waals surface area (Å²) >= 11 is 6.10. The highest BCUT2D eigenvalue weighted by Crippen LogP contribution is 2.29. The van der Waals surface area contributed by atoms with E-state index in [9.17, 15) is 0 Å². The van der Waals surface area contributed by atoms with Crippen molar-refractivity contribution in [1.82, 2.24) is 4.98 Å². The molecule has 0 saturated heterocycles. The molecule has 0 spiro atoms. The maximum absolute atomic E-state index is 6.10. The quantitative estimate of drug-likeness (QED) is 0.717. The molecule has 2 rings (SSSR count). The Labute approximate surface area is 87.5 Å². The standard InChI is InChI=1S/C11H10ClNO/c1-7-6-9(12)8-4-3-5-10(14-2)11(8)13-7/h3-6H,1-2H3. The Morgan fingerprint density at radius 3 is 2.86 bits per heavy atom. The molecule has 0 aliphatic heterocycles. The lowest BCUT2D eigenvalue weighted by molar-refractivity contribution is 0.419. The summed E-state index contributed by atoms with van der Waals surface area (Å²) < 4.78 is 5.22. The third kappa shape index (κ3) is 1.42. The fourth-order valence-electron chi connectivity index (χ4n) is 1.46. The molecule has 14 heavy (non-hydrogen) atoms. The van der Waals surface area contributed by atoms with Gasteiger partial charge in [-0.25, -0.2) is 4.98 Å². The molecule has 0 unspecified atom stereocenters. The molecule has 0 atom stereocenters.